The Kier molecular flexibility index (Phi) is 4.39. The molecule has 0 bridgehead atoms. The number of benzene rings is 1. The van der Waals surface area contributed by atoms with E-state index in [4.69, 9.17) is 0 Å². The number of carbonyl (C=O) groups is 1. The van der Waals surface area contributed by atoms with Gasteiger partial charge in [-0.2, -0.15) is 0 Å². The molecule has 0 amide bonds. The van der Waals surface area contributed by atoms with Crippen LogP contribution in [0.5, 0.6) is 0 Å². The predicted molar refractivity (Wildman–Crippen MR) is 78.4 cm³/mol. The van der Waals surface area contributed by atoms with E-state index in [1.165, 1.54) is 0 Å². The molecule has 0 saturated heterocycles. The average molecular weight is 275 g/mol. The number of carboxylic acid groups (broad SMARTS) is 1. The van der Waals surface area contributed by atoms with Gasteiger partial charge in [0, 0.05) is 13.6 Å². The first kappa shape index (κ1) is 14.5. The van der Waals surface area contributed by atoms with E-state index in [1.807, 2.05) is 43.7 Å². The monoisotopic (exact) mass is 275 g/mol. The van der Waals surface area contributed by atoms with Gasteiger partial charge in [-0.1, -0.05) is 19.9 Å². The summed E-state index contributed by atoms with van der Waals surface area (Å²) in [5.41, 5.74) is 3.06. The fourth-order valence-corrected chi connectivity index (χ4v) is 2.28. The van der Waals surface area contributed by atoms with Crippen molar-refractivity contribution in [3.8, 4) is 0 Å². The molecule has 2 aromatic rings. The summed E-state index contributed by atoms with van der Waals surface area (Å²) in [7, 11) is 1.95. The molecule has 0 aliphatic rings. The van der Waals surface area contributed by atoms with Crippen molar-refractivity contribution in [2.24, 2.45) is 13.0 Å². The van der Waals surface area contributed by atoms with Gasteiger partial charge in [-0.3, -0.25) is 4.79 Å². The van der Waals surface area contributed by atoms with Crippen LogP contribution in [-0.4, -0.2) is 26.7 Å². The fourth-order valence-electron chi connectivity index (χ4n) is 2.28. The number of aryl methyl sites for hydroxylation is 1. The molecule has 108 valence electrons. The Balaban J connectivity index is 2.05. The van der Waals surface area contributed by atoms with E-state index in [-0.39, 0.29) is 0 Å². The number of hydrogen-bond acceptors (Lipinski definition) is 3. The SMILES string of the molecule is CC(C)C[C@H](NCc1ccc2c(c1)ncn2C)C(=O)O. The lowest BCUT2D eigenvalue weighted by atomic mass is 10.0. The van der Waals surface area contributed by atoms with Crippen molar-refractivity contribution in [3.63, 3.8) is 0 Å². The zero-order chi connectivity index (χ0) is 14.7. The Morgan fingerprint density at radius 3 is 2.85 bits per heavy atom. The number of nitrogens with zero attached hydrogens (tertiary/aromatic N) is 2. The predicted octanol–water partition coefficient (Wildman–Crippen LogP) is 2.16. The smallest absolute Gasteiger partial charge is 0.320 e. The van der Waals surface area contributed by atoms with E-state index in [2.05, 4.69) is 10.3 Å². The summed E-state index contributed by atoms with van der Waals surface area (Å²) in [6, 6.07) is 5.51. The second kappa shape index (κ2) is 6.05. The highest BCUT2D eigenvalue weighted by Crippen LogP contribution is 2.14. The van der Waals surface area contributed by atoms with E-state index in [0.29, 0.717) is 18.9 Å². The van der Waals surface area contributed by atoms with Gasteiger partial charge in [0.15, 0.2) is 0 Å². The number of fused-ring (bicyclic) bond motifs is 1. The van der Waals surface area contributed by atoms with Crippen LogP contribution in [0.2, 0.25) is 0 Å². The summed E-state index contributed by atoms with van der Waals surface area (Å²) < 4.78 is 1.96. The Labute approximate surface area is 118 Å². The molecule has 2 N–H and O–H groups in total. The number of carboxylic acids is 1. The summed E-state index contributed by atoms with van der Waals surface area (Å²) in [5, 5.41) is 12.3. The highest BCUT2D eigenvalue weighted by molar-refractivity contribution is 5.76. The van der Waals surface area contributed by atoms with Gasteiger partial charge in [-0.25, -0.2) is 4.98 Å². The normalized spacial score (nSPS) is 13.0. The molecule has 5 heteroatoms. The van der Waals surface area contributed by atoms with E-state index in [1.54, 1.807) is 6.33 Å². The number of aromatic nitrogens is 2. The van der Waals surface area contributed by atoms with Crippen molar-refractivity contribution >= 4 is 17.0 Å². The molecular formula is C15H21N3O2. The number of hydrogen-bond donors (Lipinski definition) is 2. The van der Waals surface area contributed by atoms with Crippen LogP contribution in [0.3, 0.4) is 0 Å². The molecule has 0 saturated carbocycles. The first-order chi connectivity index (χ1) is 9.47. The third-order valence-corrected chi connectivity index (χ3v) is 3.35. The Morgan fingerprint density at radius 2 is 2.20 bits per heavy atom. The van der Waals surface area contributed by atoms with E-state index < -0.39 is 12.0 Å². The summed E-state index contributed by atoms with van der Waals surface area (Å²) in [6.07, 6.45) is 2.40. The van der Waals surface area contributed by atoms with Crippen LogP contribution in [0.25, 0.3) is 11.0 Å². The van der Waals surface area contributed by atoms with Crippen LogP contribution in [0.4, 0.5) is 0 Å². The molecule has 5 nitrogen and oxygen atoms in total. The van der Waals surface area contributed by atoms with E-state index in [9.17, 15) is 9.90 Å². The maximum Gasteiger partial charge on any atom is 0.320 e. The molecule has 2 rings (SSSR count). The molecule has 0 radical (unpaired) electrons. The lowest BCUT2D eigenvalue weighted by molar-refractivity contribution is -0.140. The zero-order valence-corrected chi connectivity index (χ0v) is 12.1. The number of nitrogens with one attached hydrogen (secondary N) is 1. The first-order valence-electron chi connectivity index (χ1n) is 6.83. The largest absolute Gasteiger partial charge is 0.480 e. The molecular weight excluding hydrogens is 254 g/mol. The number of aliphatic carboxylic acids is 1. The van der Waals surface area contributed by atoms with Crippen molar-refractivity contribution in [2.45, 2.75) is 32.9 Å². The maximum atomic E-state index is 11.2. The second-order valence-corrected chi connectivity index (χ2v) is 5.58. The van der Waals surface area contributed by atoms with Crippen LogP contribution in [0.1, 0.15) is 25.8 Å². The van der Waals surface area contributed by atoms with Gasteiger partial charge in [-0.05, 0) is 30.0 Å². The Morgan fingerprint density at radius 1 is 1.45 bits per heavy atom. The molecule has 1 aromatic carbocycles. The summed E-state index contributed by atoms with van der Waals surface area (Å²) >= 11 is 0. The van der Waals surface area contributed by atoms with Gasteiger partial charge >= 0.3 is 5.97 Å². The lowest BCUT2D eigenvalue weighted by Crippen LogP contribution is -2.37. The molecule has 0 unspecified atom stereocenters. The topological polar surface area (TPSA) is 67.2 Å². The van der Waals surface area contributed by atoms with Crippen LogP contribution >= 0.6 is 0 Å². The molecule has 0 aliphatic heterocycles. The van der Waals surface area contributed by atoms with Gasteiger partial charge in [0.1, 0.15) is 6.04 Å². The summed E-state index contributed by atoms with van der Waals surface area (Å²) in [5.74, 6) is -0.445. The standard InChI is InChI=1S/C15H21N3O2/c1-10(2)6-13(15(19)20)16-8-11-4-5-14-12(7-11)17-9-18(14)3/h4-5,7,9-10,13,16H,6,8H2,1-3H3,(H,19,20)/t13-/m0/s1. The minimum Gasteiger partial charge on any atom is -0.480 e. The van der Waals surface area contributed by atoms with Crippen LogP contribution < -0.4 is 5.32 Å². The summed E-state index contributed by atoms with van der Waals surface area (Å²) in [4.78, 5) is 15.5. The third kappa shape index (κ3) is 3.36. The van der Waals surface area contributed by atoms with Crippen LogP contribution in [-0.2, 0) is 18.4 Å². The highest BCUT2D eigenvalue weighted by Gasteiger charge is 2.18. The molecule has 0 spiro atoms. The zero-order valence-electron chi connectivity index (χ0n) is 12.1. The molecule has 0 fully saturated rings. The number of imidazole rings is 1. The third-order valence-electron chi connectivity index (χ3n) is 3.35. The minimum atomic E-state index is -0.794. The van der Waals surface area contributed by atoms with Crippen LogP contribution in [0, 0.1) is 5.92 Å². The maximum absolute atomic E-state index is 11.2. The van der Waals surface area contributed by atoms with Gasteiger partial charge < -0.3 is 15.0 Å². The van der Waals surface area contributed by atoms with Crippen molar-refractivity contribution in [2.75, 3.05) is 0 Å². The quantitative estimate of drug-likeness (QED) is 0.848. The lowest BCUT2D eigenvalue weighted by Gasteiger charge is -2.16. The highest BCUT2D eigenvalue weighted by atomic mass is 16.4. The van der Waals surface area contributed by atoms with Crippen molar-refractivity contribution in [1.29, 1.82) is 0 Å². The van der Waals surface area contributed by atoms with Gasteiger partial charge in [0.05, 0.1) is 17.4 Å². The number of rotatable bonds is 6. The first-order valence-corrected chi connectivity index (χ1v) is 6.83. The molecule has 1 heterocycles. The van der Waals surface area contributed by atoms with Gasteiger partial charge in [0.25, 0.3) is 0 Å². The van der Waals surface area contributed by atoms with E-state index >= 15 is 0 Å². The molecule has 1 aromatic heterocycles. The second-order valence-electron chi connectivity index (χ2n) is 5.58. The Bertz CT molecular complexity index is 604. The van der Waals surface area contributed by atoms with Crippen molar-refractivity contribution < 1.29 is 9.90 Å². The molecule has 0 aliphatic carbocycles. The van der Waals surface area contributed by atoms with Gasteiger partial charge in [0.2, 0.25) is 0 Å². The fraction of sp³-hybridized carbons (Fsp3) is 0.467. The molecule has 1 atom stereocenters. The molecule has 20 heavy (non-hydrogen) atoms. The van der Waals surface area contributed by atoms with Gasteiger partial charge in [-0.15, -0.1) is 0 Å². The van der Waals surface area contributed by atoms with Crippen molar-refractivity contribution in [1.82, 2.24) is 14.9 Å². The summed E-state index contributed by atoms with van der Waals surface area (Å²) in [6.45, 7) is 4.59. The Hall–Kier alpha value is -1.88. The van der Waals surface area contributed by atoms with Crippen LogP contribution in [0.15, 0.2) is 24.5 Å². The minimum absolute atomic E-state index is 0.349. The van der Waals surface area contributed by atoms with E-state index in [0.717, 1.165) is 16.6 Å². The van der Waals surface area contributed by atoms with Crippen molar-refractivity contribution in [3.05, 3.63) is 30.1 Å². The average Bonchev–Trinajstić information content (AvgIpc) is 2.75.